The van der Waals surface area contributed by atoms with Crippen LogP contribution in [0.2, 0.25) is 0 Å². The zero-order valence-corrected chi connectivity index (χ0v) is 10.4. The van der Waals surface area contributed by atoms with E-state index >= 15 is 0 Å². The predicted molar refractivity (Wildman–Crippen MR) is 65.1 cm³/mol. The van der Waals surface area contributed by atoms with Crippen molar-refractivity contribution in [3.8, 4) is 0 Å². The van der Waals surface area contributed by atoms with E-state index in [2.05, 4.69) is 17.3 Å². The van der Waals surface area contributed by atoms with Crippen molar-refractivity contribution in [3.05, 3.63) is 16.1 Å². The molecule has 1 aliphatic rings. The minimum Gasteiger partial charge on any atom is -0.325 e. The van der Waals surface area contributed by atoms with Crippen molar-refractivity contribution in [2.75, 3.05) is 0 Å². The Hall–Kier alpha value is -0.410. The lowest BCUT2D eigenvalue weighted by molar-refractivity contribution is 0.243. The van der Waals surface area contributed by atoms with E-state index in [9.17, 15) is 0 Å². The summed E-state index contributed by atoms with van der Waals surface area (Å²) in [7, 11) is 0. The van der Waals surface area contributed by atoms with Crippen molar-refractivity contribution in [1.29, 1.82) is 0 Å². The summed E-state index contributed by atoms with van der Waals surface area (Å²) in [6.45, 7) is 4.37. The minimum atomic E-state index is 0.0246. The van der Waals surface area contributed by atoms with Crippen LogP contribution in [0.1, 0.15) is 43.3 Å². The zero-order chi connectivity index (χ0) is 10.9. The first-order chi connectivity index (χ1) is 7.07. The monoisotopic (exact) mass is 224 g/mol. The third kappa shape index (κ3) is 2.79. The Labute approximate surface area is 95.9 Å². The lowest BCUT2D eigenvalue weighted by atomic mass is 9.76. The second kappa shape index (κ2) is 4.22. The van der Waals surface area contributed by atoms with Crippen LogP contribution >= 0.6 is 11.3 Å². The molecule has 1 aromatic rings. The Morgan fingerprint density at radius 2 is 2.20 bits per heavy atom. The van der Waals surface area contributed by atoms with Gasteiger partial charge in [0.25, 0.3) is 0 Å². The van der Waals surface area contributed by atoms with Gasteiger partial charge in [-0.15, -0.1) is 11.3 Å². The second-order valence-electron chi connectivity index (χ2n) is 5.10. The van der Waals surface area contributed by atoms with E-state index in [4.69, 9.17) is 5.73 Å². The summed E-state index contributed by atoms with van der Waals surface area (Å²) in [5.41, 5.74) is 7.58. The number of rotatable bonds is 2. The average Bonchev–Trinajstić information content (AvgIpc) is 2.57. The molecule has 1 fully saturated rings. The van der Waals surface area contributed by atoms with Gasteiger partial charge in [-0.05, 0) is 38.5 Å². The molecule has 1 saturated carbocycles. The predicted octanol–water partition coefficient (Wildman–Crippen LogP) is 2.90. The molecule has 0 spiro atoms. The van der Waals surface area contributed by atoms with Gasteiger partial charge in [0.05, 0.1) is 5.01 Å². The molecule has 0 atom stereocenters. The van der Waals surface area contributed by atoms with Crippen molar-refractivity contribution in [1.82, 2.24) is 4.98 Å². The smallest absolute Gasteiger partial charge is 0.0946 e. The Morgan fingerprint density at radius 3 is 2.73 bits per heavy atom. The second-order valence-corrected chi connectivity index (χ2v) is 6.05. The molecule has 2 rings (SSSR count). The third-order valence-corrected chi connectivity index (χ3v) is 4.41. The lowest BCUT2D eigenvalue weighted by Gasteiger charge is -2.35. The Morgan fingerprint density at radius 1 is 1.53 bits per heavy atom. The topological polar surface area (TPSA) is 38.9 Å². The molecule has 1 aromatic heterocycles. The standard InChI is InChI=1S/C12H20N2S/c1-9-3-5-12(13,6-4-9)7-11-14-10(2)8-15-11/h8-9H,3-7,13H2,1-2H3. The van der Waals surface area contributed by atoms with E-state index in [1.165, 1.54) is 17.8 Å². The molecule has 3 heteroatoms. The molecule has 15 heavy (non-hydrogen) atoms. The van der Waals surface area contributed by atoms with Gasteiger partial charge in [-0.1, -0.05) is 6.92 Å². The number of nitrogens with zero attached hydrogens (tertiary/aromatic N) is 1. The molecule has 84 valence electrons. The molecule has 2 N–H and O–H groups in total. The molecule has 1 heterocycles. The van der Waals surface area contributed by atoms with Crippen LogP contribution < -0.4 is 5.73 Å². The highest BCUT2D eigenvalue weighted by Crippen LogP contribution is 2.32. The summed E-state index contributed by atoms with van der Waals surface area (Å²) < 4.78 is 0. The maximum atomic E-state index is 6.43. The molecule has 0 unspecified atom stereocenters. The highest BCUT2D eigenvalue weighted by molar-refractivity contribution is 7.09. The maximum Gasteiger partial charge on any atom is 0.0946 e. The molecular formula is C12H20N2S. The van der Waals surface area contributed by atoms with Crippen molar-refractivity contribution in [2.24, 2.45) is 11.7 Å². The first-order valence-electron chi connectivity index (χ1n) is 5.77. The van der Waals surface area contributed by atoms with Gasteiger partial charge in [0.15, 0.2) is 0 Å². The van der Waals surface area contributed by atoms with Gasteiger partial charge in [-0.25, -0.2) is 4.98 Å². The van der Waals surface area contributed by atoms with Gasteiger partial charge in [0.2, 0.25) is 0 Å². The van der Waals surface area contributed by atoms with Crippen LogP contribution in [0.4, 0.5) is 0 Å². The van der Waals surface area contributed by atoms with Gasteiger partial charge >= 0.3 is 0 Å². The summed E-state index contributed by atoms with van der Waals surface area (Å²) in [6, 6.07) is 0. The Kier molecular flexibility index (Phi) is 3.12. The van der Waals surface area contributed by atoms with Gasteiger partial charge in [0, 0.05) is 23.0 Å². The summed E-state index contributed by atoms with van der Waals surface area (Å²) in [4.78, 5) is 4.51. The Bertz CT molecular complexity index is 324. The van der Waals surface area contributed by atoms with Crippen molar-refractivity contribution in [2.45, 2.75) is 51.5 Å². The minimum absolute atomic E-state index is 0.0246. The molecule has 0 amide bonds. The van der Waals surface area contributed by atoms with Gasteiger partial charge < -0.3 is 5.73 Å². The highest BCUT2D eigenvalue weighted by atomic mass is 32.1. The number of hydrogen-bond donors (Lipinski definition) is 1. The van der Waals surface area contributed by atoms with E-state index in [0.717, 1.165) is 30.9 Å². The lowest BCUT2D eigenvalue weighted by Crippen LogP contribution is -2.45. The van der Waals surface area contributed by atoms with E-state index in [1.54, 1.807) is 11.3 Å². The number of aryl methyl sites for hydroxylation is 1. The van der Waals surface area contributed by atoms with Crippen molar-refractivity contribution < 1.29 is 0 Å². The number of hydrogen-bond acceptors (Lipinski definition) is 3. The van der Waals surface area contributed by atoms with Crippen LogP contribution in [0, 0.1) is 12.8 Å². The average molecular weight is 224 g/mol. The molecule has 1 aliphatic carbocycles. The van der Waals surface area contributed by atoms with Crippen molar-refractivity contribution in [3.63, 3.8) is 0 Å². The molecule has 0 aromatic carbocycles. The number of aromatic nitrogens is 1. The quantitative estimate of drug-likeness (QED) is 0.839. The number of nitrogens with two attached hydrogens (primary N) is 1. The van der Waals surface area contributed by atoms with Crippen LogP contribution in [0.15, 0.2) is 5.38 Å². The molecule has 2 nitrogen and oxygen atoms in total. The summed E-state index contributed by atoms with van der Waals surface area (Å²) in [6.07, 6.45) is 5.85. The molecule has 0 radical (unpaired) electrons. The zero-order valence-electron chi connectivity index (χ0n) is 9.62. The highest BCUT2D eigenvalue weighted by Gasteiger charge is 2.31. The summed E-state index contributed by atoms with van der Waals surface area (Å²) >= 11 is 1.75. The van der Waals surface area contributed by atoms with E-state index < -0.39 is 0 Å². The van der Waals surface area contributed by atoms with E-state index in [0.29, 0.717) is 0 Å². The number of thiazole rings is 1. The van der Waals surface area contributed by atoms with Crippen LogP contribution in [0.5, 0.6) is 0 Å². The van der Waals surface area contributed by atoms with Crippen LogP contribution in [-0.2, 0) is 6.42 Å². The normalized spacial score (nSPS) is 31.8. The summed E-state index contributed by atoms with van der Waals surface area (Å²) in [5, 5.41) is 3.33. The summed E-state index contributed by atoms with van der Waals surface area (Å²) in [5.74, 6) is 0.861. The molecule has 0 aliphatic heterocycles. The molecule has 0 saturated heterocycles. The molecular weight excluding hydrogens is 204 g/mol. The van der Waals surface area contributed by atoms with Crippen LogP contribution in [0.25, 0.3) is 0 Å². The first kappa shape index (κ1) is 11.1. The van der Waals surface area contributed by atoms with Gasteiger partial charge in [0.1, 0.15) is 0 Å². The van der Waals surface area contributed by atoms with E-state index in [1.807, 2.05) is 6.92 Å². The van der Waals surface area contributed by atoms with Crippen molar-refractivity contribution >= 4 is 11.3 Å². The largest absolute Gasteiger partial charge is 0.325 e. The fourth-order valence-corrected chi connectivity index (χ4v) is 3.23. The maximum absolute atomic E-state index is 6.43. The Balaban J connectivity index is 1.99. The van der Waals surface area contributed by atoms with Gasteiger partial charge in [-0.3, -0.25) is 0 Å². The van der Waals surface area contributed by atoms with Crippen LogP contribution in [0.3, 0.4) is 0 Å². The first-order valence-corrected chi connectivity index (χ1v) is 6.65. The van der Waals surface area contributed by atoms with Crippen LogP contribution in [-0.4, -0.2) is 10.5 Å². The third-order valence-electron chi connectivity index (χ3n) is 3.44. The fourth-order valence-electron chi connectivity index (χ4n) is 2.30. The van der Waals surface area contributed by atoms with Gasteiger partial charge in [-0.2, -0.15) is 0 Å². The fraction of sp³-hybridized carbons (Fsp3) is 0.750. The SMILES string of the molecule is Cc1csc(CC2(N)CCC(C)CC2)n1. The molecule has 0 bridgehead atoms. The van der Waals surface area contributed by atoms with E-state index in [-0.39, 0.29) is 5.54 Å².